The number of fused-ring (bicyclic) bond motifs is 1. The Balaban J connectivity index is 1.08. The van der Waals surface area contributed by atoms with Gasteiger partial charge >= 0.3 is 0 Å². The van der Waals surface area contributed by atoms with Gasteiger partial charge in [0.1, 0.15) is 0 Å². The topological polar surface area (TPSA) is 91.9 Å². The summed E-state index contributed by atoms with van der Waals surface area (Å²) in [5.41, 5.74) is 0. The smallest absolute Gasteiger partial charge is 0.237 e. The molecule has 6 atom stereocenters. The summed E-state index contributed by atoms with van der Waals surface area (Å²) in [5, 5.41) is 10.1. The first-order valence-corrected chi connectivity index (χ1v) is 13.7. The maximum Gasteiger partial charge on any atom is 0.237 e. The predicted molar refractivity (Wildman–Crippen MR) is 131 cm³/mol. The minimum atomic E-state index is -0.0284. The molecule has 0 aromatic carbocycles. The van der Waals surface area contributed by atoms with Gasteiger partial charge in [0.05, 0.1) is 24.2 Å². The van der Waals surface area contributed by atoms with Crippen LogP contribution in [0, 0.1) is 17.8 Å². The first-order chi connectivity index (χ1) is 16.6. The third kappa shape index (κ3) is 6.50. The minimum Gasteiger partial charge on any atom is -0.381 e. The highest BCUT2D eigenvalue weighted by Gasteiger charge is 2.39. The van der Waals surface area contributed by atoms with Crippen molar-refractivity contribution >= 4 is 11.8 Å². The Morgan fingerprint density at radius 3 is 2.56 bits per heavy atom. The molecule has 0 radical (unpaired) electrons. The van der Waals surface area contributed by atoms with Crippen LogP contribution in [0.3, 0.4) is 0 Å². The van der Waals surface area contributed by atoms with Crippen LogP contribution in [0.25, 0.3) is 0 Å². The van der Waals surface area contributed by atoms with Crippen LogP contribution >= 0.6 is 0 Å². The van der Waals surface area contributed by atoms with E-state index in [-0.39, 0.29) is 36.0 Å². The third-order valence-corrected chi connectivity index (χ3v) is 8.84. The number of hydrogen-bond acceptors (Lipinski definition) is 6. The van der Waals surface area contributed by atoms with Crippen molar-refractivity contribution in [3.05, 3.63) is 0 Å². The van der Waals surface area contributed by atoms with E-state index in [1.807, 2.05) is 0 Å². The molecule has 4 fully saturated rings. The number of nitrogens with one attached hydrogen (secondary N) is 3. The number of rotatable bonds is 9. The van der Waals surface area contributed by atoms with E-state index in [1.54, 1.807) is 14.2 Å². The number of ether oxygens (including phenoxy) is 2. The van der Waals surface area contributed by atoms with Gasteiger partial charge in [-0.05, 0) is 69.9 Å². The van der Waals surface area contributed by atoms with Crippen LogP contribution in [-0.4, -0.2) is 87.9 Å². The SMILES string of the molecule is COC1CCC(C(=O)N2CCC(CCCCNC(=O)C3CC4CNCCC4N3)CC2)C(OC)C1. The fraction of sp³-hybridized carbons (Fsp3) is 0.923. The maximum absolute atomic E-state index is 13.1. The number of carbonyl (C=O) groups excluding carboxylic acids is 2. The van der Waals surface area contributed by atoms with Gasteiger partial charge in [0.2, 0.25) is 11.8 Å². The van der Waals surface area contributed by atoms with E-state index in [9.17, 15) is 9.59 Å². The second-order valence-corrected chi connectivity index (χ2v) is 10.9. The van der Waals surface area contributed by atoms with Crippen molar-refractivity contribution in [3.8, 4) is 0 Å². The molecule has 194 valence electrons. The Labute approximate surface area is 205 Å². The third-order valence-electron chi connectivity index (χ3n) is 8.84. The molecule has 4 rings (SSSR count). The van der Waals surface area contributed by atoms with Crippen LogP contribution in [0.4, 0.5) is 0 Å². The summed E-state index contributed by atoms with van der Waals surface area (Å²) in [6.45, 7) is 4.59. The van der Waals surface area contributed by atoms with Gasteiger partial charge in [0.15, 0.2) is 0 Å². The van der Waals surface area contributed by atoms with Crippen molar-refractivity contribution in [2.45, 2.75) is 88.5 Å². The Morgan fingerprint density at radius 1 is 1.00 bits per heavy atom. The van der Waals surface area contributed by atoms with Gasteiger partial charge in [-0.2, -0.15) is 0 Å². The van der Waals surface area contributed by atoms with E-state index in [4.69, 9.17) is 9.47 Å². The molecule has 3 saturated heterocycles. The zero-order valence-electron chi connectivity index (χ0n) is 21.2. The summed E-state index contributed by atoms with van der Waals surface area (Å²) >= 11 is 0. The lowest BCUT2D eigenvalue weighted by molar-refractivity contribution is -0.146. The van der Waals surface area contributed by atoms with Crippen molar-refractivity contribution in [2.75, 3.05) is 46.9 Å². The molecule has 0 bridgehead atoms. The maximum atomic E-state index is 13.1. The van der Waals surface area contributed by atoms with Crippen LogP contribution < -0.4 is 16.0 Å². The predicted octanol–water partition coefficient (Wildman–Crippen LogP) is 1.68. The Morgan fingerprint density at radius 2 is 1.82 bits per heavy atom. The van der Waals surface area contributed by atoms with E-state index in [1.165, 1.54) is 6.42 Å². The van der Waals surface area contributed by atoms with E-state index in [2.05, 4.69) is 20.9 Å². The molecule has 0 aromatic rings. The molecule has 4 aliphatic rings. The Kier molecular flexibility index (Phi) is 9.62. The summed E-state index contributed by atoms with van der Waals surface area (Å²) in [5.74, 6) is 1.72. The summed E-state index contributed by atoms with van der Waals surface area (Å²) in [7, 11) is 3.46. The van der Waals surface area contributed by atoms with Crippen LogP contribution in [-0.2, 0) is 19.1 Å². The number of carbonyl (C=O) groups is 2. The minimum absolute atomic E-state index is 0.0148. The zero-order valence-corrected chi connectivity index (χ0v) is 21.2. The van der Waals surface area contributed by atoms with Crippen molar-refractivity contribution in [1.82, 2.24) is 20.9 Å². The first kappa shape index (κ1) is 25.9. The van der Waals surface area contributed by atoms with Crippen LogP contribution in [0.15, 0.2) is 0 Å². The van der Waals surface area contributed by atoms with Crippen molar-refractivity contribution in [2.24, 2.45) is 17.8 Å². The Hall–Kier alpha value is -1.22. The molecular formula is C26H46N4O4. The summed E-state index contributed by atoms with van der Waals surface area (Å²) in [6, 6.07) is 0.495. The summed E-state index contributed by atoms with van der Waals surface area (Å²) in [4.78, 5) is 27.7. The monoisotopic (exact) mass is 478 g/mol. The second-order valence-electron chi connectivity index (χ2n) is 10.9. The van der Waals surface area contributed by atoms with Crippen molar-refractivity contribution < 1.29 is 19.1 Å². The van der Waals surface area contributed by atoms with Crippen LogP contribution in [0.2, 0.25) is 0 Å². The van der Waals surface area contributed by atoms with Gasteiger partial charge in [-0.1, -0.05) is 12.8 Å². The Bertz CT molecular complexity index is 655. The molecule has 8 heteroatoms. The van der Waals surface area contributed by atoms with Gasteiger partial charge < -0.3 is 30.3 Å². The van der Waals surface area contributed by atoms with Crippen molar-refractivity contribution in [1.29, 1.82) is 0 Å². The molecule has 0 aromatic heterocycles. The molecule has 3 heterocycles. The fourth-order valence-electron chi connectivity index (χ4n) is 6.62. The van der Waals surface area contributed by atoms with Crippen LogP contribution in [0.1, 0.15) is 64.2 Å². The molecule has 3 aliphatic heterocycles. The number of amides is 2. The lowest BCUT2D eigenvalue weighted by Crippen LogP contribution is -2.48. The average Bonchev–Trinajstić information content (AvgIpc) is 3.32. The number of nitrogens with zero attached hydrogens (tertiary/aromatic N) is 1. The summed E-state index contributed by atoms with van der Waals surface area (Å²) in [6.07, 6.45) is 10.4. The van der Waals surface area contributed by atoms with Crippen molar-refractivity contribution in [3.63, 3.8) is 0 Å². The van der Waals surface area contributed by atoms with E-state index in [0.717, 1.165) is 90.5 Å². The van der Waals surface area contributed by atoms with Gasteiger partial charge in [-0.3, -0.25) is 9.59 Å². The molecule has 0 spiro atoms. The fourth-order valence-corrected chi connectivity index (χ4v) is 6.62. The van der Waals surface area contributed by atoms with Gasteiger partial charge in [-0.25, -0.2) is 0 Å². The highest BCUT2D eigenvalue weighted by atomic mass is 16.5. The molecule has 6 unspecified atom stereocenters. The number of hydrogen-bond donors (Lipinski definition) is 3. The molecule has 34 heavy (non-hydrogen) atoms. The molecule has 1 aliphatic carbocycles. The quantitative estimate of drug-likeness (QED) is 0.437. The molecule has 3 N–H and O–H groups in total. The van der Waals surface area contributed by atoms with Gasteiger partial charge in [0.25, 0.3) is 0 Å². The number of unbranched alkanes of at least 4 members (excludes halogenated alkanes) is 1. The van der Waals surface area contributed by atoms with E-state index in [0.29, 0.717) is 17.9 Å². The largest absolute Gasteiger partial charge is 0.381 e. The number of methoxy groups -OCH3 is 2. The zero-order chi connectivity index (χ0) is 23.9. The lowest BCUT2D eigenvalue weighted by atomic mass is 9.82. The number of likely N-dealkylation sites (tertiary alicyclic amines) is 1. The highest BCUT2D eigenvalue weighted by molar-refractivity contribution is 5.82. The molecule has 2 amide bonds. The molecular weight excluding hydrogens is 432 g/mol. The first-order valence-electron chi connectivity index (χ1n) is 13.7. The summed E-state index contributed by atoms with van der Waals surface area (Å²) < 4.78 is 11.1. The van der Waals surface area contributed by atoms with Gasteiger partial charge in [-0.15, -0.1) is 0 Å². The molecule has 1 saturated carbocycles. The van der Waals surface area contributed by atoms with Crippen LogP contribution in [0.5, 0.6) is 0 Å². The standard InChI is InChI=1S/C26H46N4O4/c1-33-20-6-7-21(24(16-20)34-2)26(32)30-13-9-18(10-14-30)5-3-4-11-28-25(31)23-15-19-17-27-12-8-22(19)29-23/h18-24,27,29H,3-17H2,1-2H3,(H,28,31). The van der Waals surface area contributed by atoms with E-state index >= 15 is 0 Å². The second kappa shape index (κ2) is 12.7. The lowest BCUT2D eigenvalue weighted by Gasteiger charge is -2.39. The van der Waals surface area contributed by atoms with E-state index < -0.39 is 0 Å². The highest BCUT2D eigenvalue weighted by Crippen LogP contribution is 2.32. The normalized spacial score (nSPS) is 34.6. The molecule has 8 nitrogen and oxygen atoms in total. The van der Waals surface area contributed by atoms with Gasteiger partial charge in [0, 0.05) is 46.3 Å². The average molecular weight is 479 g/mol. The number of piperidine rings is 2.